The van der Waals surface area contributed by atoms with E-state index in [-0.39, 0.29) is 18.9 Å². The molecule has 0 saturated carbocycles. The lowest BCUT2D eigenvalue weighted by molar-refractivity contribution is -0.161. The van der Waals surface area contributed by atoms with Gasteiger partial charge in [0.05, 0.1) is 18.6 Å². The topological polar surface area (TPSA) is 84.9 Å². The summed E-state index contributed by atoms with van der Waals surface area (Å²) >= 11 is 0. The monoisotopic (exact) mass is 231 g/mol. The summed E-state index contributed by atoms with van der Waals surface area (Å²) in [4.78, 5) is 22.2. The molecule has 2 unspecified atom stereocenters. The fourth-order valence-electron chi connectivity index (χ4n) is 1.59. The fraction of sp³-hybridized carbons (Fsp3) is 0.800. The van der Waals surface area contributed by atoms with Crippen LogP contribution in [-0.4, -0.2) is 42.5 Å². The van der Waals surface area contributed by atoms with E-state index in [1.54, 1.807) is 13.8 Å². The van der Waals surface area contributed by atoms with Gasteiger partial charge < -0.3 is 19.9 Å². The maximum Gasteiger partial charge on any atom is 0.309 e. The van der Waals surface area contributed by atoms with Gasteiger partial charge in [0, 0.05) is 13.5 Å². The Labute approximate surface area is 93.9 Å². The van der Waals surface area contributed by atoms with Crippen molar-refractivity contribution in [3.63, 3.8) is 0 Å². The van der Waals surface area contributed by atoms with E-state index in [2.05, 4.69) is 5.32 Å². The molecular weight excluding hydrogens is 214 g/mol. The highest BCUT2D eigenvalue weighted by molar-refractivity contribution is 5.82. The Morgan fingerprint density at radius 3 is 2.56 bits per heavy atom. The maximum atomic E-state index is 11.2. The highest BCUT2D eigenvalue weighted by Gasteiger charge is 2.41. The van der Waals surface area contributed by atoms with Gasteiger partial charge in [-0.3, -0.25) is 9.59 Å². The van der Waals surface area contributed by atoms with Crippen LogP contribution in [0.4, 0.5) is 0 Å². The number of carbonyl (C=O) groups excluding carboxylic acids is 1. The number of amides is 1. The minimum Gasteiger partial charge on any atom is -0.481 e. The van der Waals surface area contributed by atoms with Crippen LogP contribution < -0.4 is 5.32 Å². The lowest BCUT2D eigenvalue weighted by atomic mass is 9.99. The second-order valence-corrected chi connectivity index (χ2v) is 4.19. The van der Waals surface area contributed by atoms with Gasteiger partial charge in [-0.2, -0.15) is 0 Å². The molecule has 1 heterocycles. The van der Waals surface area contributed by atoms with Gasteiger partial charge in [-0.05, 0) is 13.8 Å². The van der Waals surface area contributed by atoms with Crippen molar-refractivity contribution in [2.24, 2.45) is 5.92 Å². The van der Waals surface area contributed by atoms with Crippen molar-refractivity contribution in [3.05, 3.63) is 0 Å². The lowest BCUT2D eigenvalue weighted by Crippen LogP contribution is -2.36. The van der Waals surface area contributed by atoms with Crippen LogP contribution in [0.1, 0.15) is 20.3 Å². The van der Waals surface area contributed by atoms with Crippen LogP contribution in [0.5, 0.6) is 0 Å². The van der Waals surface area contributed by atoms with E-state index >= 15 is 0 Å². The SMILES string of the molecule is CNC(=O)CC(C(=O)O)C1COC(C)(C)O1. The first kappa shape index (κ1) is 12.9. The Kier molecular flexibility index (Phi) is 3.88. The van der Waals surface area contributed by atoms with E-state index in [0.29, 0.717) is 0 Å². The summed E-state index contributed by atoms with van der Waals surface area (Å²) in [6.07, 6.45) is -0.680. The maximum absolute atomic E-state index is 11.2. The first-order valence-corrected chi connectivity index (χ1v) is 5.11. The molecule has 0 spiro atoms. The second-order valence-electron chi connectivity index (χ2n) is 4.19. The molecule has 0 aromatic heterocycles. The average molecular weight is 231 g/mol. The van der Waals surface area contributed by atoms with E-state index in [4.69, 9.17) is 14.6 Å². The first-order valence-electron chi connectivity index (χ1n) is 5.11. The molecule has 1 amide bonds. The molecule has 0 radical (unpaired) electrons. The van der Waals surface area contributed by atoms with Gasteiger partial charge in [0.25, 0.3) is 0 Å². The summed E-state index contributed by atoms with van der Waals surface area (Å²) in [7, 11) is 1.47. The number of carboxylic acids is 1. The zero-order valence-electron chi connectivity index (χ0n) is 9.65. The van der Waals surface area contributed by atoms with E-state index in [1.165, 1.54) is 7.05 Å². The van der Waals surface area contributed by atoms with E-state index in [1.807, 2.05) is 0 Å². The molecule has 0 aromatic rings. The molecule has 16 heavy (non-hydrogen) atoms. The van der Waals surface area contributed by atoms with Gasteiger partial charge in [0.15, 0.2) is 5.79 Å². The van der Waals surface area contributed by atoms with Gasteiger partial charge in [0.1, 0.15) is 0 Å². The van der Waals surface area contributed by atoms with Crippen LogP contribution in [0.15, 0.2) is 0 Å². The van der Waals surface area contributed by atoms with Crippen molar-refractivity contribution in [2.75, 3.05) is 13.7 Å². The highest BCUT2D eigenvalue weighted by atomic mass is 16.7. The van der Waals surface area contributed by atoms with Gasteiger partial charge in [-0.1, -0.05) is 0 Å². The molecule has 1 rings (SSSR count). The quantitative estimate of drug-likeness (QED) is 0.710. The van der Waals surface area contributed by atoms with Gasteiger partial charge in [0.2, 0.25) is 5.91 Å². The van der Waals surface area contributed by atoms with Crippen molar-refractivity contribution in [1.29, 1.82) is 0 Å². The van der Waals surface area contributed by atoms with E-state index in [0.717, 1.165) is 0 Å². The highest BCUT2D eigenvalue weighted by Crippen LogP contribution is 2.28. The Morgan fingerprint density at radius 2 is 2.19 bits per heavy atom. The number of carboxylic acid groups (broad SMARTS) is 1. The minimum absolute atomic E-state index is 0.101. The number of hydrogen-bond donors (Lipinski definition) is 2. The normalized spacial score (nSPS) is 25.1. The van der Waals surface area contributed by atoms with Gasteiger partial charge >= 0.3 is 5.97 Å². The second kappa shape index (κ2) is 4.80. The minimum atomic E-state index is -1.05. The summed E-state index contributed by atoms with van der Waals surface area (Å²) in [5, 5.41) is 11.4. The third-order valence-corrected chi connectivity index (χ3v) is 2.48. The molecule has 1 fully saturated rings. The number of rotatable bonds is 4. The van der Waals surface area contributed by atoms with Crippen LogP contribution in [-0.2, 0) is 19.1 Å². The summed E-state index contributed by atoms with van der Waals surface area (Å²) < 4.78 is 10.7. The molecule has 1 saturated heterocycles. The van der Waals surface area contributed by atoms with Crippen LogP contribution in [0.2, 0.25) is 0 Å². The Hall–Kier alpha value is -1.14. The third-order valence-electron chi connectivity index (χ3n) is 2.48. The number of ether oxygens (including phenoxy) is 2. The molecule has 2 atom stereocenters. The van der Waals surface area contributed by atoms with Crippen molar-refractivity contribution < 1.29 is 24.2 Å². The summed E-state index contributed by atoms with van der Waals surface area (Å²) in [5.41, 5.74) is 0. The lowest BCUT2D eigenvalue weighted by Gasteiger charge is -2.20. The molecule has 1 aliphatic rings. The Balaban J connectivity index is 2.65. The molecule has 6 nitrogen and oxygen atoms in total. The molecule has 0 aromatic carbocycles. The summed E-state index contributed by atoms with van der Waals surface area (Å²) in [6, 6.07) is 0. The Morgan fingerprint density at radius 1 is 1.56 bits per heavy atom. The third kappa shape index (κ3) is 3.18. The van der Waals surface area contributed by atoms with E-state index in [9.17, 15) is 9.59 Å². The van der Waals surface area contributed by atoms with Crippen LogP contribution in [0, 0.1) is 5.92 Å². The van der Waals surface area contributed by atoms with Crippen molar-refractivity contribution in [2.45, 2.75) is 32.2 Å². The van der Waals surface area contributed by atoms with Gasteiger partial charge in [-0.15, -0.1) is 0 Å². The Bertz CT molecular complexity index is 289. The zero-order valence-corrected chi connectivity index (χ0v) is 9.65. The number of aliphatic carboxylic acids is 1. The molecular formula is C10H17NO5. The molecule has 1 aliphatic heterocycles. The largest absolute Gasteiger partial charge is 0.481 e. The van der Waals surface area contributed by atoms with Crippen LogP contribution in [0.3, 0.4) is 0 Å². The van der Waals surface area contributed by atoms with Crippen molar-refractivity contribution in [1.82, 2.24) is 5.32 Å². The van der Waals surface area contributed by atoms with E-state index < -0.39 is 23.8 Å². The predicted octanol–water partition coefficient (Wildman–Crippen LogP) is -0.0252. The number of nitrogens with one attached hydrogen (secondary N) is 1. The molecule has 92 valence electrons. The van der Waals surface area contributed by atoms with Gasteiger partial charge in [-0.25, -0.2) is 0 Å². The van der Waals surface area contributed by atoms with Crippen LogP contribution in [0.25, 0.3) is 0 Å². The summed E-state index contributed by atoms with van der Waals surface area (Å²) in [6.45, 7) is 3.62. The predicted molar refractivity (Wildman–Crippen MR) is 54.7 cm³/mol. The molecule has 6 heteroatoms. The standard InChI is InChI=1S/C10H17NO5/c1-10(2)15-5-7(16-10)6(9(13)14)4-8(12)11-3/h6-7H,4-5H2,1-3H3,(H,11,12)(H,13,14). The van der Waals surface area contributed by atoms with Crippen LogP contribution >= 0.6 is 0 Å². The molecule has 0 aliphatic carbocycles. The molecule has 0 bridgehead atoms. The summed E-state index contributed by atoms with van der Waals surface area (Å²) in [5.74, 6) is -3.02. The average Bonchev–Trinajstić information content (AvgIpc) is 2.54. The first-order chi connectivity index (χ1) is 7.35. The fourth-order valence-corrected chi connectivity index (χ4v) is 1.59. The van der Waals surface area contributed by atoms with Crippen molar-refractivity contribution in [3.8, 4) is 0 Å². The van der Waals surface area contributed by atoms with Crippen molar-refractivity contribution >= 4 is 11.9 Å². The number of carbonyl (C=O) groups is 2. The molecule has 2 N–H and O–H groups in total. The zero-order chi connectivity index (χ0) is 12.3. The smallest absolute Gasteiger partial charge is 0.309 e. The number of hydrogen-bond acceptors (Lipinski definition) is 4.